The molecule has 1 aromatic heterocycles. The molecule has 0 atom stereocenters. The van der Waals surface area contributed by atoms with Crippen molar-refractivity contribution in [2.24, 2.45) is 0 Å². The molecular weight excluding hydrogens is 667 g/mol. The fraction of sp³-hybridized carbons (Fsp3) is 0.0189. The summed E-state index contributed by atoms with van der Waals surface area (Å²) >= 11 is 0. The summed E-state index contributed by atoms with van der Waals surface area (Å²) in [7, 11) is 0. The third-order valence-corrected chi connectivity index (χ3v) is 11.5. The van der Waals surface area contributed by atoms with Gasteiger partial charge in [0.15, 0.2) is 0 Å². The minimum atomic E-state index is -0.507. The van der Waals surface area contributed by atoms with Gasteiger partial charge in [0.1, 0.15) is 11.2 Å². The summed E-state index contributed by atoms with van der Waals surface area (Å²) in [5, 5.41) is 4.41. The Labute approximate surface area is 320 Å². The van der Waals surface area contributed by atoms with Gasteiger partial charge in [0.2, 0.25) is 0 Å². The number of rotatable bonds is 6. The first-order valence-electron chi connectivity index (χ1n) is 18.9. The molecule has 0 N–H and O–H groups in total. The van der Waals surface area contributed by atoms with Crippen molar-refractivity contribution in [2.45, 2.75) is 5.41 Å². The molecule has 9 aromatic carbocycles. The maximum atomic E-state index is 6.90. The van der Waals surface area contributed by atoms with Gasteiger partial charge in [-0.15, -0.1) is 0 Å². The van der Waals surface area contributed by atoms with E-state index in [1.165, 1.54) is 33.4 Å². The Morgan fingerprint density at radius 2 is 0.891 bits per heavy atom. The maximum absolute atomic E-state index is 6.90. The normalized spacial score (nSPS) is 12.9. The lowest BCUT2D eigenvalue weighted by atomic mass is 9.67. The van der Waals surface area contributed by atoms with Crippen molar-refractivity contribution in [3.8, 4) is 22.3 Å². The second-order valence-electron chi connectivity index (χ2n) is 14.4. The van der Waals surface area contributed by atoms with Gasteiger partial charge in [-0.25, -0.2) is 0 Å². The molecular formula is C53H35NO. The van der Waals surface area contributed by atoms with Crippen LogP contribution in [0.15, 0.2) is 217 Å². The van der Waals surface area contributed by atoms with Gasteiger partial charge in [0.25, 0.3) is 0 Å². The van der Waals surface area contributed by atoms with Gasteiger partial charge >= 0.3 is 0 Å². The van der Waals surface area contributed by atoms with Crippen LogP contribution >= 0.6 is 0 Å². The second-order valence-corrected chi connectivity index (χ2v) is 14.4. The van der Waals surface area contributed by atoms with Crippen molar-refractivity contribution >= 4 is 49.8 Å². The van der Waals surface area contributed by atoms with Crippen LogP contribution in [0.1, 0.15) is 22.3 Å². The SMILES string of the molecule is c1ccc(-c2cccc3c2oc2c4ccccc4c(N(c4ccccc4)c4ccc5c(c4)C(c4ccccc4)(c4ccccc4)c4ccccc4-5)cc32)cc1. The van der Waals surface area contributed by atoms with Crippen LogP contribution in [0.5, 0.6) is 0 Å². The Morgan fingerprint density at radius 1 is 0.345 bits per heavy atom. The summed E-state index contributed by atoms with van der Waals surface area (Å²) in [5.41, 5.74) is 14.4. The lowest BCUT2D eigenvalue weighted by Gasteiger charge is -2.35. The van der Waals surface area contributed by atoms with Gasteiger partial charge in [-0.1, -0.05) is 182 Å². The van der Waals surface area contributed by atoms with Crippen LogP contribution in [-0.2, 0) is 5.41 Å². The van der Waals surface area contributed by atoms with Gasteiger partial charge in [-0.3, -0.25) is 0 Å². The number of hydrogen-bond donors (Lipinski definition) is 0. The molecule has 0 radical (unpaired) electrons. The van der Waals surface area contributed by atoms with E-state index < -0.39 is 5.41 Å². The van der Waals surface area contributed by atoms with Crippen molar-refractivity contribution in [3.05, 3.63) is 235 Å². The van der Waals surface area contributed by atoms with E-state index in [9.17, 15) is 0 Å². The summed E-state index contributed by atoms with van der Waals surface area (Å²) in [6.45, 7) is 0. The average Bonchev–Trinajstić information content (AvgIpc) is 3.79. The zero-order valence-electron chi connectivity index (χ0n) is 30.1. The first-order valence-corrected chi connectivity index (χ1v) is 18.9. The second kappa shape index (κ2) is 12.5. The summed E-state index contributed by atoms with van der Waals surface area (Å²) in [6.07, 6.45) is 0. The summed E-state index contributed by atoms with van der Waals surface area (Å²) in [6, 6.07) is 76.9. The molecule has 1 heterocycles. The van der Waals surface area contributed by atoms with Crippen LogP contribution in [0.2, 0.25) is 0 Å². The van der Waals surface area contributed by atoms with Crippen molar-refractivity contribution in [1.82, 2.24) is 0 Å². The quantitative estimate of drug-likeness (QED) is 0.172. The Morgan fingerprint density at radius 3 is 1.62 bits per heavy atom. The molecule has 2 heteroatoms. The molecule has 0 amide bonds. The first kappa shape index (κ1) is 31.4. The lowest BCUT2D eigenvalue weighted by Crippen LogP contribution is -2.28. The van der Waals surface area contributed by atoms with E-state index in [0.29, 0.717) is 0 Å². The molecule has 0 aliphatic heterocycles. The minimum absolute atomic E-state index is 0.507. The van der Waals surface area contributed by atoms with Gasteiger partial charge in [0.05, 0.1) is 11.1 Å². The van der Waals surface area contributed by atoms with Gasteiger partial charge in [-0.2, -0.15) is 0 Å². The van der Waals surface area contributed by atoms with Gasteiger partial charge in [-0.05, 0) is 69.3 Å². The van der Waals surface area contributed by atoms with Crippen LogP contribution in [0.4, 0.5) is 17.1 Å². The van der Waals surface area contributed by atoms with Crippen LogP contribution < -0.4 is 4.90 Å². The molecule has 1 aliphatic rings. The smallest absolute Gasteiger partial charge is 0.143 e. The lowest BCUT2D eigenvalue weighted by molar-refractivity contribution is 0.674. The molecule has 258 valence electrons. The van der Waals surface area contributed by atoms with Crippen molar-refractivity contribution in [1.29, 1.82) is 0 Å². The molecule has 10 aromatic rings. The predicted molar refractivity (Wildman–Crippen MR) is 229 cm³/mol. The van der Waals surface area contributed by atoms with E-state index in [0.717, 1.165) is 60.9 Å². The van der Waals surface area contributed by atoms with E-state index in [1.54, 1.807) is 0 Å². The van der Waals surface area contributed by atoms with Crippen molar-refractivity contribution < 1.29 is 4.42 Å². The van der Waals surface area contributed by atoms with Crippen LogP contribution in [0, 0.1) is 0 Å². The highest BCUT2D eigenvalue weighted by molar-refractivity contribution is 6.21. The molecule has 0 saturated heterocycles. The Balaban J connectivity index is 1.21. The van der Waals surface area contributed by atoms with Crippen LogP contribution in [0.25, 0.3) is 55.0 Å². The monoisotopic (exact) mass is 701 g/mol. The number of nitrogens with zero attached hydrogens (tertiary/aromatic N) is 1. The first-order chi connectivity index (χ1) is 27.3. The Hall–Kier alpha value is -7.16. The Kier molecular flexibility index (Phi) is 7.11. The highest BCUT2D eigenvalue weighted by Crippen LogP contribution is 2.57. The van der Waals surface area contributed by atoms with E-state index in [4.69, 9.17) is 4.42 Å². The number of hydrogen-bond acceptors (Lipinski definition) is 2. The van der Waals surface area contributed by atoms with E-state index in [-0.39, 0.29) is 0 Å². The Bertz CT molecular complexity index is 2980. The number of fused-ring (bicyclic) bond motifs is 8. The molecule has 0 fully saturated rings. The predicted octanol–water partition coefficient (Wildman–Crippen LogP) is 14.2. The minimum Gasteiger partial charge on any atom is -0.455 e. The summed E-state index contributed by atoms with van der Waals surface area (Å²) in [5.74, 6) is 0. The number of furan rings is 1. The summed E-state index contributed by atoms with van der Waals surface area (Å²) < 4.78 is 6.90. The zero-order valence-corrected chi connectivity index (χ0v) is 30.1. The van der Waals surface area contributed by atoms with Gasteiger partial charge < -0.3 is 9.32 Å². The fourth-order valence-electron chi connectivity index (χ4n) is 9.21. The topological polar surface area (TPSA) is 16.4 Å². The molecule has 0 unspecified atom stereocenters. The molecule has 0 saturated carbocycles. The number of anilines is 3. The zero-order chi connectivity index (χ0) is 36.3. The third kappa shape index (κ3) is 4.68. The standard InChI is InChI=1S/C53H35NO/c1-5-18-36(19-6-1)41-29-17-30-46-47-35-50(44-27-13-14-28-45(44)52(47)55-51(41)46)54(39-24-11-4-12-25-39)40-32-33-43-42-26-15-16-31-48(42)53(49(43)34-40,37-20-7-2-8-21-37)38-22-9-3-10-23-38/h1-35H. The van der Waals surface area contributed by atoms with E-state index in [2.05, 4.69) is 217 Å². The molecule has 1 aliphatic carbocycles. The molecule has 11 rings (SSSR count). The fourth-order valence-corrected chi connectivity index (χ4v) is 9.21. The largest absolute Gasteiger partial charge is 0.455 e. The van der Waals surface area contributed by atoms with E-state index >= 15 is 0 Å². The van der Waals surface area contributed by atoms with Gasteiger partial charge in [0, 0.05) is 38.5 Å². The maximum Gasteiger partial charge on any atom is 0.143 e. The molecule has 2 nitrogen and oxygen atoms in total. The highest BCUT2D eigenvalue weighted by atomic mass is 16.3. The van der Waals surface area contributed by atoms with Crippen LogP contribution in [-0.4, -0.2) is 0 Å². The highest BCUT2D eigenvalue weighted by Gasteiger charge is 2.46. The molecule has 0 spiro atoms. The third-order valence-electron chi connectivity index (χ3n) is 11.5. The van der Waals surface area contributed by atoms with Crippen molar-refractivity contribution in [3.63, 3.8) is 0 Å². The summed E-state index contributed by atoms with van der Waals surface area (Å²) in [4.78, 5) is 2.44. The average molecular weight is 702 g/mol. The van der Waals surface area contributed by atoms with Crippen molar-refractivity contribution in [2.75, 3.05) is 4.90 Å². The molecule has 55 heavy (non-hydrogen) atoms. The van der Waals surface area contributed by atoms with Crippen LogP contribution in [0.3, 0.4) is 0 Å². The number of benzene rings is 9. The number of para-hydroxylation sites is 2. The van der Waals surface area contributed by atoms with E-state index in [1.807, 2.05) is 0 Å². The molecule has 0 bridgehead atoms.